The maximum atomic E-state index is 11.3. The fourth-order valence-electron chi connectivity index (χ4n) is 0.928. The number of carbonyl (C=O) groups is 2. The van der Waals surface area contributed by atoms with E-state index in [0.29, 0.717) is 0 Å². The lowest BCUT2D eigenvalue weighted by Gasteiger charge is -2.04. The van der Waals surface area contributed by atoms with E-state index in [1.165, 1.54) is 32.4 Å². The second kappa shape index (κ2) is 5.59. The highest BCUT2D eigenvalue weighted by Gasteiger charge is 2.11. The van der Waals surface area contributed by atoms with Gasteiger partial charge < -0.3 is 9.57 Å². The van der Waals surface area contributed by atoms with Crippen LogP contribution in [0, 0.1) is 5.41 Å². The van der Waals surface area contributed by atoms with Gasteiger partial charge in [0.05, 0.1) is 12.7 Å². The SMILES string of the molecule is COC(=O)c1ccc(C(=O)ONC(C)=N)nc1. The van der Waals surface area contributed by atoms with Crippen LogP contribution in [0.15, 0.2) is 18.3 Å². The highest BCUT2D eigenvalue weighted by molar-refractivity contribution is 5.91. The van der Waals surface area contributed by atoms with Crippen molar-refractivity contribution in [3.8, 4) is 0 Å². The Kier molecular flexibility index (Phi) is 4.15. The van der Waals surface area contributed by atoms with Crippen LogP contribution < -0.4 is 5.48 Å². The van der Waals surface area contributed by atoms with Gasteiger partial charge in [-0.15, -0.1) is 0 Å². The highest BCUT2D eigenvalue weighted by Crippen LogP contribution is 2.02. The first-order valence-electron chi connectivity index (χ1n) is 4.61. The minimum absolute atomic E-state index is 0.00969. The Labute approximate surface area is 97.2 Å². The molecule has 0 saturated heterocycles. The molecule has 0 bridgehead atoms. The predicted molar refractivity (Wildman–Crippen MR) is 57.5 cm³/mol. The number of nitrogens with zero attached hydrogens (tertiary/aromatic N) is 1. The number of methoxy groups -OCH3 is 1. The number of rotatable bonds is 2. The summed E-state index contributed by atoms with van der Waals surface area (Å²) in [5.41, 5.74) is 2.35. The van der Waals surface area contributed by atoms with Gasteiger partial charge >= 0.3 is 11.9 Å². The summed E-state index contributed by atoms with van der Waals surface area (Å²) in [5.74, 6) is -1.29. The molecule has 90 valence electrons. The fourth-order valence-corrected chi connectivity index (χ4v) is 0.928. The Morgan fingerprint density at radius 2 is 2.06 bits per heavy atom. The lowest BCUT2D eigenvalue weighted by atomic mass is 10.2. The molecule has 1 rings (SSSR count). The zero-order chi connectivity index (χ0) is 12.8. The maximum absolute atomic E-state index is 11.3. The Morgan fingerprint density at radius 1 is 1.35 bits per heavy atom. The molecule has 7 heteroatoms. The van der Waals surface area contributed by atoms with Crippen molar-refractivity contribution in [1.29, 1.82) is 5.41 Å². The molecule has 1 heterocycles. The topological polar surface area (TPSA) is 101 Å². The molecule has 0 fully saturated rings. The van der Waals surface area contributed by atoms with Crippen LogP contribution in [0.2, 0.25) is 0 Å². The van der Waals surface area contributed by atoms with E-state index in [1.807, 2.05) is 0 Å². The molecule has 7 nitrogen and oxygen atoms in total. The number of carbonyl (C=O) groups excluding carboxylic acids is 2. The molecule has 0 aliphatic rings. The quantitative estimate of drug-likeness (QED) is 0.336. The molecule has 0 amide bonds. The number of hydrogen-bond acceptors (Lipinski definition) is 6. The average Bonchev–Trinajstić information content (AvgIpc) is 2.35. The van der Waals surface area contributed by atoms with Crippen molar-refractivity contribution in [1.82, 2.24) is 10.5 Å². The summed E-state index contributed by atoms with van der Waals surface area (Å²) in [6.07, 6.45) is 1.21. The van der Waals surface area contributed by atoms with Crippen LogP contribution in [0.1, 0.15) is 27.8 Å². The smallest absolute Gasteiger partial charge is 0.381 e. The molecule has 0 unspecified atom stereocenters. The molecule has 2 N–H and O–H groups in total. The molecule has 0 aliphatic carbocycles. The van der Waals surface area contributed by atoms with Crippen molar-refractivity contribution in [2.75, 3.05) is 7.11 Å². The van der Waals surface area contributed by atoms with E-state index < -0.39 is 11.9 Å². The van der Waals surface area contributed by atoms with Crippen molar-refractivity contribution in [3.63, 3.8) is 0 Å². The number of aromatic nitrogens is 1. The average molecular weight is 237 g/mol. The predicted octanol–water partition coefficient (Wildman–Crippen LogP) is 0.527. The van der Waals surface area contributed by atoms with Crippen LogP contribution in [-0.4, -0.2) is 29.9 Å². The first-order valence-corrected chi connectivity index (χ1v) is 4.61. The van der Waals surface area contributed by atoms with Gasteiger partial charge in [0.2, 0.25) is 0 Å². The van der Waals surface area contributed by atoms with E-state index in [0.717, 1.165) is 0 Å². The van der Waals surface area contributed by atoms with Gasteiger partial charge in [0.15, 0.2) is 5.69 Å². The van der Waals surface area contributed by atoms with E-state index in [-0.39, 0.29) is 17.1 Å². The molecule has 17 heavy (non-hydrogen) atoms. The molecule has 0 atom stereocenters. The van der Waals surface area contributed by atoms with Gasteiger partial charge in [0, 0.05) is 6.20 Å². The number of hydroxylamine groups is 1. The van der Waals surface area contributed by atoms with E-state index >= 15 is 0 Å². The zero-order valence-electron chi connectivity index (χ0n) is 9.31. The molecule has 0 spiro atoms. The molecule has 1 aromatic rings. The number of esters is 1. The van der Waals surface area contributed by atoms with Crippen LogP contribution in [0.4, 0.5) is 0 Å². The Bertz CT molecular complexity index is 441. The third-order valence-corrected chi connectivity index (χ3v) is 1.69. The zero-order valence-corrected chi connectivity index (χ0v) is 9.31. The van der Waals surface area contributed by atoms with Gasteiger partial charge in [0.25, 0.3) is 0 Å². The third kappa shape index (κ3) is 3.56. The second-order valence-corrected chi connectivity index (χ2v) is 3.04. The van der Waals surface area contributed by atoms with Crippen LogP contribution >= 0.6 is 0 Å². The summed E-state index contributed by atoms with van der Waals surface area (Å²) >= 11 is 0. The van der Waals surface area contributed by atoms with Gasteiger partial charge in [-0.05, 0) is 19.1 Å². The molecule has 0 saturated carbocycles. The molecule has 0 aliphatic heterocycles. The van der Waals surface area contributed by atoms with Gasteiger partial charge in [-0.3, -0.25) is 5.41 Å². The Hall–Kier alpha value is -2.44. The van der Waals surface area contributed by atoms with Crippen LogP contribution in [0.5, 0.6) is 0 Å². The van der Waals surface area contributed by atoms with E-state index in [1.54, 1.807) is 0 Å². The van der Waals surface area contributed by atoms with E-state index in [2.05, 4.69) is 20.0 Å². The van der Waals surface area contributed by atoms with Crippen molar-refractivity contribution >= 4 is 17.8 Å². The number of ether oxygens (including phenoxy) is 1. The third-order valence-electron chi connectivity index (χ3n) is 1.69. The molecule has 1 aromatic heterocycles. The van der Waals surface area contributed by atoms with Crippen molar-refractivity contribution in [3.05, 3.63) is 29.6 Å². The summed E-state index contributed by atoms with van der Waals surface area (Å²) in [5, 5.41) is 7.00. The monoisotopic (exact) mass is 237 g/mol. The highest BCUT2D eigenvalue weighted by atomic mass is 16.7. The first-order chi connectivity index (χ1) is 8.04. The number of amidine groups is 1. The number of nitrogens with one attached hydrogen (secondary N) is 2. The standard InChI is InChI=1S/C10H11N3O4/c1-6(11)13-17-10(15)8-4-3-7(5-12-8)9(14)16-2/h3-5H,1-2H3,(H2,11,13). The second-order valence-electron chi connectivity index (χ2n) is 3.04. The maximum Gasteiger partial charge on any atom is 0.381 e. The van der Waals surface area contributed by atoms with Gasteiger partial charge in [-0.1, -0.05) is 0 Å². The summed E-state index contributed by atoms with van der Waals surface area (Å²) in [4.78, 5) is 30.7. The van der Waals surface area contributed by atoms with E-state index in [4.69, 9.17) is 5.41 Å². The van der Waals surface area contributed by atoms with Crippen molar-refractivity contribution in [2.24, 2.45) is 0 Å². The van der Waals surface area contributed by atoms with Crippen molar-refractivity contribution < 1.29 is 19.2 Å². The number of pyridine rings is 1. The first kappa shape index (κ1) is 12.6. The van der Waals surface area contributed by atoms with Gasteiger partial charge in [-0.2, -0.15) is 0 Å². The van der Waals surface area contributed by atoms with E-state index in [9.17, 15) is 9.59 Å². The molecular formula is C10H11N3O4. The van der Waals surface area contributed by atoms with Crippen molar-refractivity contribution in [2.45, 2.75) is 6.92 Å². The molecular weight excluding hydrogens is 226 g/mol. The fraction of sp³-hybridized carbons (Fsp3) is 0.200. The lowest BCUT2D eigenvalue weighted by Crippen LogP contribution is -2.24. The molecule has 0 radical (unpaired) electrons. The largest absolute Gasteiger partial charge is 0.465 e. The summed E-state index contributed by atoms with van der Waals surface area (Å²) in [6, 6.07) is 2.72. The number of hydrogen-bond donors (Lipinski definition) is 2. The lowest BCUT2D eigenvalue weighted by molar-refractivity contribution is 0.0375. The minimum Gasteiger partial charge on any atom is -0.465 e. The Morgan fingerprint density at radius 3 is 2.53 bits per heavy atom. The van der Waals surface area contributed by atoms with Crippen LogP contribution in [0.3, 0.4) is 0 Å². The Balaban J connectivity index is 2.70. The van der Waals surface area contributed by atoms with Crippen LogP contribution in [-0.2, 0) is 9.57 Å². The van der Waals surface area contributed by atoms with Crippen LogP contribution in [0.25, 0.3) is 0 Å². The normalized spacial score (nSPS) is 9.29. The summed E-state index contributed by atoms with van der Waals surface area (Å²) in [7, 11) is 1.25. The summed E-state index contributed by atoms with van der Waals surface area (Å²) in [6.45, 7) is 1.42. The van der Waals surface area contributed by atoms with Gasteiger partial charge in [0.1, 0.15) is 5.84 Å². The summed E-state index contributed by atoms with van der Waals surface area (Å²) < 4.78 is 4.48. The minimum atomic E-state index is -0.743. The van der Waals surface area contributed by atoms with Gasteiger partial charge in [-0.25, -0.2) is 20.1 Å². The molecule has 0 aromatic carbocycles.